The van der Waals surface area contributed by atoms with Crippen molar-refractivity contribution in [2.45, 2.75) is 10.6 Å². The number of carboxylic acids is 1. The van der Waals surface area contributed by atoms with Crippen LogP contribution in [0.25, 0.3) is 0 Å². The number of aromatic carboxylic acids is 1. The Kier molecular flexibility index (Phi) is 3.87. The number of carbonyl (C=O) groups is 1. The van der Waals surface area contributed by atoms with E-state index in [0.717, 1.165) is 23.5 Å². The summed E-state index contributed by atoms with van der Waals surface area (Å²) in [6.45, 7) is 0. The molecule has 0 amide bonds. The minimum Gasteiger partial charge on any atom is -0.477 e. The third-order valence-electron chi connectivity index (χ3n) is 2.52. The molecule has 0 saturated carbocycles. The molecule has 20 heavy (non-hydrogen) atoms. The molecular weight excluding hydrogens is 310 g/mol. The van der Waals surface area contributed by atoms with Gasteiger partial charge in [-0.2, -0.15) is 0 Å². The minimum atomic E-state index is -4.09. The summed E-state index contributed by atoms with van der Waals surface area (Å²) in [5.41, 5.74) is 0.0752. The fourth-order valence-electron chi connectivity index (χ4n) is 1.65. The molecule has 0 aliphatic carbocycles. The van der Waals surface area contributed by atoms with Gasteiger partial charge in [0.05, 0.1) is 5.75 Å². The van der Waals surface area contributed by atoms with Gasteiger partial charge in [0, 0.05) is 6.07 Å². The second-order valence-electron chi connectivity index (χ2n) is 3.91. The van der Waals surface area contributed by atoms with Gasteiger partial charge in [-0.25, -0.2) is 22.0 Å². The standard InChI is InChI=1S/C12H8F2O4S2/c13-8-1-2-10(9(14)5-8)20(17,18)6-7-3-4-19-11(7)12(15)16/h1-5H,6H2,(H,15,16). The highest BCUT2D eigenvalue weighted by Gasteiger charge is 2.23. The number of hydrogen-bond acceptors (Lipinski definition) is 4. The van der Waals surface area contributed by atoms with Gasteiger partial charge in [-0.3, -0.25) is 0 Å². The summed E-state index contributed by atoms with van der Waals surface area (Å²) in [4.78, 5) is 10.1. The summed E-state index contributed by atoms with van der Waals surface area (Å²) in [7, 11) is -4.09. The molecule has 2 rings (SSSR count). The van der Waals surface area contributed by atoms with Gasteiger partial charge in [0.2, 0.25) is 0 Å². The van der Waals surface area contributed by atoms with Gasteiger partial charge >= 0.3 is 5.97 Å². The molecule has 0 radical (unpaired) electrons. The van der Waals surface area contributed by atoms with E-state index < -0.39 is 38.1 Å². The molecule has 0 saturated heterocycles. The second-order valence-corrected chi connectivity index (χ2v) is 6.79. The monoisotopic (exact) mass is 318 g/mol. The number of halogens is 2. The number of thiophene rings is 1. The van der Waals surface area contributed by atoms with Crippen molar-refractivity contribution in [1.29, 1.82) is 0 Å². The fraction of sp³-hybridized carbons (Fsp3) is 0.0833. The van der Waals surface area contributed by atoms with E-state index in [2.05, 4.69) is 0 Å². The van der Waals surface area contributed by atoms with Crippen LogP contribution in [-0.4, -0.2) is 19.5 Å². The van der Waals surface area contributed by atoms with Crippen LogP contribution in [0.5, 0.6) is 0 Å². The summed E-state index contributed by atoms with van der Waals surface area (Å²) in [5.74, 6) is -3.98. The zero-order valence-electron chi connectivity index (χ0n) is 9.84. The molecule has 2 aromatic rings. The molecule has 1 N–H and O–H groups in total. The Morgan fingerprint density at radius 3 is 2.55 bits per heavy atom. The van der Waals surface area contributed by atoms with Crippen molar-refractivity contribution < 1.29 is 27.1 Å². The van der Waals surface area contributed by atoms with Gasteiger partial charge < -0.3 is 5.11 Å². The molecule has 106 valence electrons. The lowest BCUT2D eigenvalue weighted by Crippen LogP contribution is -2.09. The van der Waals surface area contributed by atoms with E-state index in [1.807, 2.05) is 0 Å². The predicted molar refractivity (Wildman–Crippen MR) is 68.5 cm³/mol. The molecule has 0 unspecified atom stereocenters. The van der Waals surface area contributed by atoms with Gasteiger partial charge in [-0.05, 0) is 29.1 Å². The summed E-state index contributed by atoms with van der Waals surface area (Å²) in [6.07, 6.45) is 0. The smallest absolute Gasteiger partial charge is 0.346 e. The Hall–Kier alpha value is -1.80. The first kappa shape index (κ1) is 14.6. The topological polar surface area (TPSA) is 71.4 Å². The number of hydrogen-bond donors (Lipinski definition) is 1. The number of benzene rings is 1. The number of rotatable bonds is 4. The molecule has 0 bridgehead atoms. The molecular formula is C12H8F2O4S2. The van der Waals surface area contributed by atoms with Crippen molar-refractivity contribution in [2.75, 3.05) is 0 Å². The quantitative estimate of drug-likeness (QED) is 0.880. The zero-order valence-corrected chi connectivity index (χ0v) is 11.5. The first-order valence-electron chi connectivity index (χ1n) is 5.29. The Morgan fingerprint density at radius 1 is 1.25 bits per heavy atom. The lowest BCUT2D eigenvalue weighted by atomic mass is 10.3. The molecule has 1 heterocycles. The second kappa shape index (κ2) is 5.29. The van der Waals surface area contributed by atoms with Crippen molar-refractivity contribution in [3.05, 3.63) is 51.7 Å². The van der Waals surface area contributed by atoms with Crippen molar-refractivity contribution in [3.8, 4) is 0 Å². The third kappa shape index (κ3) is 2.86. The van der Waals surface area contributed by atoms with Crippen LogP contribution in [-0.2, 0) is 15.6 Å². The molecule has 0 aliphatic heterocycles. The maximum atomic E-state index is 13.5. The largest absolute Gasteiger partial charge is 0.477 e. The number of sulfone groups is 1. The molecule has 8 heteroatoms. The van der Waals surface area contributed by atoms with Gasteiger partial charge in [-0.15, -0.1) is 11.3 Å². The number of carboxylic acid groups (broad SMARTS) is 1. The molecule has 1 aromatic heterocycles. The average Bonchev–Trinajstić information content (AvgIpc) is 2.75. The van der Waals surface area contributed by atoms with Crippen molar-refractivity contribution >= 4 is 27.1 Å². The highest BCUT2D eigenvalue weighted by atomic mass is 32.2. The molecule has 0 spiro atoms. The Morgan fingerprint density at radius 2 is 1.95 bits per heavy atom. The summed E-state index contributed by atoms with van der Waals surface area (Å²) in [6, 6.07) is 3.49. The maximum Gasteiger partial charge on any atom is 0.346 e. The van der Waals surface area contributed by atoms with Crippen molar-refractivity contribution in [2.24, 2.45) is 0 Å². The Labute approximate surface area is 117 Å². The zero-order chi connectivity index (χ0) is 14.9. The highest BCUT2D eigenvalue weighted by Crippen LogP contribution is 2.24. The molecule has 0 aliphatic rings. The normalized spacial score (nSPS) is 11.5. The highest BCUT2D eigenvalue weighted by molar-refractivity contribution is 7.90. The van der Waals surface area contributed by atoms with E-state index in [-0.39, 0.29) is 10.4 Å². The van der Waals surface area contributed by atoms with Crippen LogP contribution in [0.1, 0.15) is 15.2 Å². The van der Waals surface area contributed by atoms with Gasteiger partial charge in [0.1, 0.15) is 21.4 Å². The lowest BCUT2D eigenvalue weighted by Gasteiger charge is -2.05. The van der Waals surface area contributed by atoms with Gasteiger partial charge in [0.15, 0.2) is 9.84 Å². The van der Waals surface area contributed by atoms with Crippen LogP contribution < -0.4 is 0 Å². The van der Waals surface area contributed by atoms with E-state index in [1.54, 1.807) is 0 Å². The Balaban J connectivity index is 2.41. The van der Waals surface area contributed by atoms with Crippen LogP contribution in [0.2, 0.25) is 0 Å². The summed E-state index contributed by atoms with van der Waals surface area (Å²) in [5, 5.41) is 10.3. The molecule has 1 aromatic carbocycles. The summed E-state index contributed by atoms with van der Waals surface area (Å²) >= 11 is 0.882. The van der Waals surface area contributed by atoms with Crippen molar-refractivity contribution in [3.63, 3.8) is 0 Å². The lowest BCUT2D eigenvalue weighted by molar-refractivity contribution is 0.0701. The molecule has 4 nitrogen and oxygen atoms in total. The van der Waals surface area contributed by atoms with Crippen molar-refractivity contribution in [1.82, 2.24) is 0 Å². The maximum absolute atomic E-state index is 13.5. The van der Waals surface area contributed by atoms with E-state index in [0.29, 0.717) is 6.07 Å². The first-order chi connectivity index (χ1) is 9.31. The average molecular weight is 318 g/mol. The minimum absolute atomic E-state index is 0.0752. The van der Waals surface area contributed by atoms with Crippen LogP contribution >= 0.6 is 11.3 Å². The first-order valence-corrected chi connectivity index (χ1v) is 7.82. The Bertz CT molecular complexity index is 766. The third-order valence-corrected chi connectivity index (χ3v) is 5.15. The molecule has 0 atom stereocenters. The van der Waals surface area contributed by atoms with Crippen LogP contribution in [0.4, 0.5) is 8.78 Å². The van der Waals surface area contributed by atoms with Gasteiger partial charge in [0.25, 0.3) is 0 Å². The van der Waals surface area contributed by atoms with Crippen LogP contribution in [0, 0.1) is 11.6 Å². The van der Waals surface area contributed by atoms with E-state index in [1.165, 1.54) is 11.4 Å². The van der Waals surface area contributed by atoms with Gasteiger partial charge in [-0.1, -0.05) is 0 Å². The SMILES string of the molecule is O=C(O)c1sccc1CS(=O)(=O)c1ccc(F)cc1F. The van der Waals surface area contributed by atoms with Crippen LogP contribution in [0.3, 0.4) is 0 Å². The molecule has 0 fully saturated rings. The fourth-order valence-corrected chi connectivity index (χ4v) is 3.94. The van der Waals surface area contributed by atoms with E-state index in [9.17, 15) is 22.0 Å². The predicted octanol–water partition coefficient (Wildman–Crippen LogP) is 2.70. The van der Waals surface area contributed by atoms with E-state index >= 15 is 0 Å². The van der Waals surface area contributed by atoms with E-state index in [4.69, 9.17) is 5.11 Å². The van der Waals surface area contributed by atoms with Crippen LogP contribution in [0.15, 0.2) is 34.5 Å². The summed E-state index contributed by atoms with van der Waals surface area (Å²) < 4.78 is 50.4.